The van der Waals surface area contributed by atoms with Gasteiger partial charge in [0.2, 0.25) is 0 Å². The van der Waals surface area contributed by atoms with E-state index in [-0.39, 0.29) is 0 Å². The van der Waals surface area contributed by atoms with Crippen LogP contribution in [0.4, 0.5) is 0 Å². The molecule has 1 atom stereocenters. The van der Waals surface area contributed by atoms with Gasteiger partial charge >= 0.3 is 0 Å². The van der Waals surface area contributed by atoms with Crippen LogP contribution in [0, 0.1) is 0 Å². The average Bonchev–Trinajstić information content (AvgIpc) is 2.73. The Bertz CT molecular complexity index is 508. The van der Waals surface area contributed by atoms with Crippen molar-refractivity contribution in [2.45, 2.75) is 12.5 Å². The second kappa shape index (κ2) is 4.69. The molecule has 0 spiro atoms. The number of H-pyrrole nitrogens is 1. The number of nitrogens with zero attached hydrogens (tertiary/aromatic N) is 1. The summed E-state index contributed by atoms with van der Waals surface area (Å²) in [5, 5.41) is 4.83. The molecule has 3 nitrogen and oxygen atoms in total. The number of para-hydroxylation sites is 1. The summed E-state index contributed by atoms with van der Waals surface area (Å²) in [4.78, 5) is 3.31. The van der Waals surface area contributed by atoms with Crippen molar-refractivity contribution in [3.05, 3.63) is 36.0 Å². The molecule has 1 saturated heterocycles. The predicted octanol–water partition coefficient (Wildman–Crippen LogP) is 2.14. The molecule has 3 rings (SSSR count). The molecule has 1 aromatic carbocycles. The van der Waals surface area contributed by atoms with Crippen molar-refractivity contribution >= 4 is 22.7 Å². The normalized spacial score (nSPS) is 22.1. The van der Waals surface area contributed by atoms with Crippen molar-refractivity contribution in [1.82, 2.24) is 14.7 Å². The zero-order valence-electron chi connectivity index (χ0n) is 9.62. The highest BCUT2D eigenvalue weighted by Gasteiger charge is 2.19. The molecule has 0 radical (unpaired) electrons. The van der Waals surface area contributed by atoms with Gasteiger partial charge in [-0.05, 0) is 29.8 Å². The van der Waals surface area contributed by atoms with Crippen LogP contribution in [0.25, 0.3) is 10.9 Å². The third-order valence-corrected chi connectivity index (χ3v) is 3.65. The number of piperazine rings is 1. The molecule has 0 bridgehead atoms. The minimum absolute atomic E-state index is 0.445. The van der Waals surface area contributed by atoms with Gasteiger partial charge < -0.3 is 10.3 Å². The highest BCUT2D eigenvalue weighted by Crippen LogP contribution is 2.19. The van der Waals surface area contributed by atoms with Gasteiger partial charge in [0.05, 0.1) is 0 Å². The van der Waals surface area contributed by atoms with Gasteiger partial charge in [0.25, 0.3) is 0 Å². The van der Waals surface area contributed by atoms with Gasteiger partial charge in [-0.1, -0.05) is 18.2 Å². The van der Waals surface area contributed by atoms with Crippen molar-refractivity contribution in [1.29, 1.82) is 0 Å². The van der Waals surface area contributed by atoms with Crippen LogP contribution in [0.1, 0.15) is 5.56 Å². The number of fused-ring (bicyclic) bond motifs is 1. The van der Waals surface area contributed by atoms with E-state index >= 15 is 0 Å². The van der Waals surface area contributed by atoms with Gasteiger partial charge in [0.1, 0.15) is 0 Å². The zero-order chi connectivity index (χ0) is 11.7. The molecule has 1 aliphatic heterocycles. The number of aromatic amines is 1. The average molecular weight is 250 g/mol. The largest absolute Gasteiger partial charge is 0.361 e. The van der Waals surface area contributed by atoms with Crippen molar-refractivity contribution in [3.63, 3.8) is 0 Å². The third-order valence-electron chi connectivity index (χ3n) is 3.35. The minimum atomic E-state index is 0.445. The molecule has 0 saturated carbocycles. The summed E-state index contributed by atoms with van der Waals surface area (Å²) in [5.41, 5.74) is 2.58. The van der Waals surface area contributed by atoms with Gasteiger partial charge in [-0.25, -0.2) is 4.42 Å². The molecule has 2 aromatic rings. The number of hydrogen-bond acceptors (Lipinski definition) is 2. The molecule has 90 valence electrons. The Morgan fingerprint density at radius 1 is 1.35 bits per heavy atom. The number of halogens is 1. The van der Waals surface area contributed by atoms with E-state index in [4.69, 9.17) is 11.8 Å². The Morgan fingerprint density at radius 2 is 2.24 bits per heavy atom. The van der Waals surface area contributed by atoms with E-state index in [1.54, 1.807) is 0 Å². The maximum absolute atomic E-state index is 6.06. The number of aromatic nitrogens is 1. The highest BCUT2D eigenvalue weighted by molar-refractivity contribution is 6.13. The predicted molar refractivity (Wildman–Crippen MR) is 71.2 cm³/mol. The summed E-state index contributed by atoms with van der Waals surface area (Å²) in [5.74, 6) is 0. The molecule has 4 heteroatoms. The van der Waals surface area contributed by atoms with Crippen molar-refractivity contribution in [2.24, 2.45) is 0 Å². The topological polar surface area (TPSA) is 31.1 Å². The standard InChI is InChI=1S/C13H16ClN3/c14-17-6-5-15-11(9-17)7-10-8-16-13-4-2-1-3-12(10)13/h1-4,8,11,15-16H,5-7,9H2. The molecule has 1 aliphatic rings. The summed E-state index contributed by atoms with van der Waals surface area (Å²) in [6.45, 7) is 2.80. The summed E-state index contributed by atoms with van der Waals surface area (Å²) >= 11 is 6.06. The summed E-state index contributed by atoms with van der Waals surface area (Å²) < 4.78 is 1.87. The van der Waals surface area contributed by atoms with E-state index in [0.717, 1.165) is 26.1 Å². The Morgan fingerprint density at radius 3 is 3.12 bits per heavy atom. The maximum Gasteiger partial charge on any atom is 0.0456 e. The van der Waals surface area contributed by atoms with Crippen LogP contribution >= 0.6 is 11.8 Å². The second-order valence-corrected chi connectivity index (χ2v) is 5.06. The van der Waals surface area contributed by atoms with E-state index in [9.17, 15) is 0 Å². The fourth-order valence-electron chi connectivity index (χ4n) is 2.49. The van der Waals surface area contributed by atoms with Crippen molar-refractivity contribution in [2.75, 3.05) is 19.6 Å². The van der Waals surface area contributed by atoms with Crippen molar-refractivity contribution in [3.8, 4) is 0 Å². The molecule has 2 N–H and O–H groups in total. The number of rotatable bonds is 2. The number of hydrogen-bond donors (Lipinski definition) is 2. The molecule has 1 unspecified atom stereocenters. The first-order valence-electron chi connectivity index (χ1n) is 6.02. The van der Waals surface area contributed by atoms with E-state index < -0.39 is 0 Å². The van der Waals surface area contributed by atoms with E-state index in [1.165, 1.54) is 16.5 Å². The molecule has 17 heavy (non-hydrogen) atoms. The van der Waals surface area contributed by atoms with Crippen LogP contribution in [-0.4, -0.2) is 35.1 Å². The lowest BCUT2D eigenvalue weighted by Gasteiger charge is -2.28. The van der Waals surface area contributed by atoms with E-state index in [1.807, 2.05) is 4.42 Å². The lowest BCUT2D eigenvalue weighted by molar-refractivity contribution is 0.310. The first kappa shape index (κ1) is 11.1. The van der Waals surface area contributed by atoms with Crippen molar-refractivity contribution < 1.29 is 0 Å². The van der Waals surface area contributed by atoms with Crippen LogP contribution < -0.4 is 5.32 Å². The summed E-state index contributed by atoms with van der Waals surface area (Å²) in [7, 11) is 0. The fourth-order valence-corrected chi connectivity index (χ4v) is 2.74. The Labute approximate surface area is 106 Å². The molecule has 1 aromatic heterocycles. The third kappa shape index (κ3) is 2.32. The molecule has 1 fully saturated rings. The summed E-state index contributed by atoms with van der Waals surface area (Å²) in [6.07, 6.45) is 3.13. The zero-order valence-corrected chi connectivity index (χ0v) is 10.4. The van der Waals surface area contributed by atoms with E-state index in [0.29, 0.717) is 6.04 Å². The SMILES string of the molecule is ClN1CCNC(Cc2c[nH]c3ccccc23)C1. The molecular weight excluding hydrogens is 234 g/mol. The van der Waals surface area contributed by atoms with E-state index in [2.05, 4.69) is 40.8 Å². The van der Waals surface area contributed by atoms with Crippen LogP contribution in [0.3, 0.4) is 0 Å². The van der Waals surface area contributed by atoms with Gasteiger partial charge in [0, 0.05) is 42.8 Å². The number of benzene rings is 1. The highest BCUT2D eigenvalue weighted by atomic mass is 35.5. The molecular formula is C13H16ClN3. The molecule has 0 aliphatic carbocycles. The quantitative estimate of drug-likeness (QED) is 0.799. The van der Waals surface area contributed by atoms with Gasteiger partial charge in [-0.3, -0.25) is 0 Å². The molecule has 2 heterocycles. The Kier molecular flexibility index (Phi) is 3.05. The van der Waals surface area contributed by atoms with Crippen LogP contribution in [-0.2, 0) is 6.42 Å². The lowest BCUT2D eigenvalue weighted by Crippen LogP contribution is -2.48. The van der Waals surface area contributed by atoms with Crippen LogP contribution in [0.5, 0.6) is 0 Å². The Hall–Kier alpha value is -1.03. The fraction of sp³-hybridized carbons (Fsp3) is 0.385. The maximum atomic E-state index is 6.06. The minimum Gasteiger partial charge on any atom is -0.361 e. The first-order valence-corrected chi connectivity index (χ1v) is 6.36. The Balaban J connectivity index is 1.80. The smallest absolute Gasteiger partial charge is 0.0456 e. The number of nitrogens with one attached hydrogen (secondary N) is 2. The molecule has 0 amide bonds. The lowest BCUT2D eigenvalue weighted by atomic mass is 10.0. The van der Waals surface area contributed by atoms with Crippen LogP contribution in [0.15, 0.2) is 30.5 Å². The van der Waals surface area contributed by atoms with Crippen LogP contribution in [0.2, 0.25) is 0 Å². The van der Waals surface area contributed by atoms with Gasteiger partial charge in [0.15, 0.2) is 0 Å². The van der Waals surface area contributed by atoms with Gasteiger partial charge in [-0.15, -0.1) is 0 Å². The second-order valence-electron chi connectivity index (χ2n) is 4.58. The summed E-state index contributed by atoms with van der Waals surface area (Å²) in [6, 6.07) is 8.87. The van der Waals surface area contributed by atoms with Gasteiger partial charge in [-0.2, -0.15) is 0 Å². The first-order chi connectivity index (χ1) is 8.33. The monoisotopic (exact) mass is 249 g/mol.